The number of hydrogen-bond acceptors (Lipinski definition) is 4. The highest BCUT2D eigenvalue weighted by Crippen LogP contribution is 2.11. The highest BCUT2D eigenvalue weighted by atomic mass is 16.1. The SMILES string of the molecule is CN(C)c1[nH+]c(=O)[nH]c2nccnc12. The van der Waals surface area contributed by atoms with Gasteiger partial charge in [0.1, 0.15) is 0 Å². The average Bonchev–Trinajstić information content (AvgIpc) is 2.16. The second-order valence-electron chi connectivity index (χ2n) is 3.08. The van der Waals surface area contributed by atoms with Crippen molar-refractivity contribution < 1.29 is 4.98 Å². The molecule has 0 atom stereocenters. The van der Waals surface area contributed by atoms with Gasteiger partial charge in [-0.2, -0.15) is 0 Å². The molecule has 2 aromatic rings. The van der Waals surface area contributed by atoms with Crippen LogP contribution in [-0.4, -0.2) is 29.0 Å². The third-order valence-corrected chi connectivity index (χ3v) is 1.83. The molecule has 6 heteroatoms. The van der Waals surface area contributed by atoms with Gasteiger partial charge in [-0.3, -0.25) is 4.90 Å². The first kappa shape index (κ1) is 8.61. The zero-order valence-electron chi connectivity index (χ0n) is 7.90. The summed E-state index contributed by atoms with van der Waals surface area (Å²) in [5.41, 5.74) is 0.846. The predicted octanol–water partition coefficient (Wildman–Crippen LogP) is -0.802. The molecule has 0 unspecified atom stereocenters. The maximum atomic E-state index is 11.2. The number of aromatic amines is 2. The van der Waals surface area contributed by atoms with Crippen molar-refractivity contribution in [2.75, 3.05) is 19.0 Å². The van der Waals surface area contributed by atoms with Crippen LogP contribution in [0.3, 0.4) is 0 Å². The van der Waals surface area contributed by atoms with Crippen LogP contribution in [0, 0.1) is 0 Å². The van der Waals surface area contributed by atoms with E-state index in [4.69, 9.17) is 0 Å². The van der Waals surface area contributed by atoms with Crippen molar-refractivity contribution in [3.05, 3.63) is 22.9 Å². The van der Waals surface area contributed by atoms with Crippen LogP contribution in [0.5, 0.6) is 0 Å². The number of nitrogens with zero attached hydrogens (tertiary/aromatic N) is 3. The minimum Gasteiger partial charge on any atom is -0.296 e. The van der Waals surface area contributed by atoms with E-state index in [9.17, 15) is 4.79 Å². The summed E-state index contributed by atoms with van der Waals surface area (Å²) in [7, 11) is 3.67. The van der Waals surface area contributed by atoms with Crippen LogP contribution >= 0.6 is 0 Å². The molecule has 2 aromatic heterocycles. The Hall–Kier alpha value is -1.98. The Bertz CT molecular complexity index is 518. The van der Waals surface area contributed by atoms with Gasteiger partial charge in [0.05, 0.1) is 14.1 Å². The standard InChI is InChI=1S/C8H9N5O/c1-13(2)7-5-6(10-4-3-9-5)11-8(14)12-7/h3-4H,1-2H3,(H,10,11,12,14)/p+1. The molecule has 2 rings (SSSR count). The van der Waals surface area contributed by atoms with E-state index in [1.54, 1.807) is 11.1 Å². The zero-order chi connectivity index (χ0) is 10.1. The summed E-state index contributed by atoms with van der Waals surface area (Å²) in [6.07, 6.45) is 3.12. The third-order valence-electron chi connectivity index (χ3n) is 1.83. The number of aromatic nitrogens is 4. The van der Waals surface area contributed by atoms with Gasteiger partial charge < -0.3 is 0 Å². The summed E-state index contributed by atoms with van der Waals surface area (Å²) in [4.78, 5) is 26.4. The first-order valence-electron chi connectivity index (χ1n) is 4.12. The molecular weight excluding hydrogens is 182 g/mol. The molecule has 2 heterocycles. The smallest absolute Gasteiger partial charge is 0.296 e. The Morgan fingerprint density at radius 2 is 2.07 bits per heavy atom. The van der Waals surface area contributed by atoms with Crippen LogP contribution in [0.25, 0.3) is 11.2 Å². The first-order chi connectivity index (χ1) is 6.68. The van der Waals surface area contributed by atoms with Crippen molar-refractivity contribution in [3.63, 3.8) is 0 Å². The van der Waals surface area contributed by atoms with Gasteiger partial charge in [0.15, 0.2) is 5.52 Å². The van der Waals surface area contributed by atoms with E-state index >= 15 is 0 Å². The van der Waals surface area contributed by atoms with Crippen molar-refractivity contribution in [1.82, 2.24) is 15.0 Å². The molecule has 2 N–H and O–H groups in total. The van der Waals surface area contributed by atoms with E-state index in [2.05, 4.69) is 19.9 Å². The Kier molecular flexibility index (Phi) is 1.88. The van der Waals surface area contributed by atoms with Crippen molar-refractivity contribution in [1.29, 1.82) is 0 Å². The summed E-state index contributed by atoms with van der Waals surface area (Å²) in [5, 5.41) is 0. The monoisotopic (exact) mass is 192 g/mol. The molecular formula is C8H10N5O+. The van der Waals surface area contributed by atoms with Crippen molar-refractivity contribution in [3.8, 4) is 0 Å². The van der Waals surface area contributed by atoms with E-state index < -0.39 is 0 Å². The third kappa shape index (κ3) is 1.30. The van der Waals surface area contributed by atoms with Gasteiger partial charge in [0.25, 0.3) is 5.82 Å². The summed E-state index contributed by atoms with van der Waals surface area (Å²) in [6.45, 7) is 0. The summed E-state index contributed by atoms with van der Waals surface area (Å²) >= 11 is 0. The molecule has 0 aromatic carbocycles. The molecule has 0 aliphatic rings. The van der Waals surface area contributed by atoms with Crippen LogP contribution in [0.2, 0.25) is 0 Å². The van der Waals surface area contributed by atoms with Gasteiger partial charge in [-0.05, 0) is 0 Å². The Morgan fingerprint density at radius 1 is 1.36 bits per heavy atom. The highest BCUT2D eigenvalue weighted by Gasteiger charge is 2.13. The second kappa shape index (κ2) is 3.06. The maximum Gasteiger partial charge on any atom is 0.440 e. The van der Waals surface area contributed by atoms with Gasteiger partial charge in [-0.1, -0.05) is 0 Å². The highest BCUT2D eigenvalue weighted by molar-refractivity contribution is 5.79. The second-order valence-corrected chi connectivity index (χ2v) is 3.08. The molecule has 14 heavy (non-hydrogen) atoms. The summed E-state index contributed by atoms with van der Waals surface area (Å²) in [5.74, 6) is 0.650. The molecule has 0 radical (unpaired) electrons. The minimum atomic E-state index is -0.290. The average molecular weight is 192 g/mol. The van der Waals surface area contributed by atoms with Crippen LogP contribution in [0.4, 0.5) is 5.82 Å². The molecule has 0 bridgehead atoms. The number of H-pyrrole nitrogens is 2. The van der Waals surface area contributed by atoms with E-state index in [0.717, 1.165) is 0 Å². The topological polar surface area (TPSA) is 76.0 Å². The summed E-state index contributed by atoms with van der Waals surface area (Å²) < 4.78 is 0. The largest absolute Gasteiger partial charge is 0.440 e. The fourth-order valence-electron chi connectivity index (χ4n) is 1.23. The molecule has 0 aliphatic heterocycles. The number of hydrogen-bond donors (Lipinski definition) is 1. The lowest BCUT2D eigenvalue weighted by molar-refractivity contribution is -0.386. The molecule has 0 spiro atoms. The number of anilines is 1. The zero-order valence-corrected chi connectivity index (χ0v) is 7.90. The van der Waals surface area contributed by atoms with E-state index in [1.165, 1.54) is 6.20 Å². The maximum absolute atomic E-state index is 11.2. The van der Waals surface area contributed by atoms with Crippen LogP contribution in [-0.2, 0) is 0 Å². The Labute approximate surface area is 79.6 Å². The fourth-order valence-corrected chi connectivity index (χ4v) is 1.23. The molecule has 0 saturated carbocycles. The van der Waals surface area contributed by atoms with Crippen molar-refractivity contribution in [2.45, 2.75) is 0 Å². The predicted molar refractivity (Wildman–Crippen MR) is 51.0 cm³/mol. The lowest BCUT2D eigenvalue weighted by Crippen LogP contribution is -2.35. The number of fused-ring (bicyclic) bond motifs is 1. The van der Waals surface area contributed by atoms with E-state index in [0.29, 0.717) is 17.0 Å². The van der Waals surface area contributed by atoms with Gasteiger partial charge >= 0.3 is 5.69 Å². The van der Waals surface area contributed by atoms with Crippen molar-refractivity contribution in [2.24, 2.45) is 0 Å². The quantitative estimate of drug-likeness (QED) is 0.641. The molecule has 6 nitrogen and oxygen atoms in total. The molecule has 0 amide bonds. The number of nitrogens with one attached hydrogen (secondary N) is 2. The number of rotatable bonds is 1. The molecule has 0 saturated heterocycles. The van der Waals surface area contributed by atoms with Crippen molar-refractivity contribution >= 4 is 17.0 Å². The van der Waals surface area contributed by atoms with Gasteiger partial charge in [-0.25, -0.2) is 24.7 Å². The molecule has 72 valence electrons. The van der Waals surface area contributed by atoms with E-state index in [-0.39, 0.29) is 5.69 Å². The van der Waals surface area contributed by atoms with Gasteiger partial charge in [0, 0.05) is 12.4 Å². The van der Waals surface area contributed by atoms with Crippen LogP contribution in [0.1, 0.15) is 0 Å². The normalized spacial score (nSPS) is 10.4. The van der Waals surface area contributed by atoms with E-state index in [1.807, 2.05) is 14.1 Å². The minimum absolute atomic E-state index is 0.290. The van der Waals surface area contributed by atoms with Crippen LogP contribution in [0.15, 0.2) is 17.2 Å². The fraction of sp³-hybridized carbons (Fsp3) is 0.250. The molecule has 0 fully saturated rings. The summed E-state index contributed by atoms with van der Waals surface area (Å²) in [6, 6.07) is 0. The first-order valence-corrected chi connectivity index (χ1v) is 4.12. The lowest BCUT2D eigenvalue weighted by Gasteiger charge is -2.05. The lowest BCUT2D eigenvalue weighted by atomic mass is 10.4. The van der Waals surface area contributed by atoms with Gasteiger partial charge in [0.2, 0.25) is 5.65 Å². The molecule has 0 aliphatic carbocycles. The van der Waals surface area contributed by atoms with Crippen LogP contribution < -0.4 is 15.6 Å². The van der Waals surface area contributed by atoms with Gasteiger partial charge in [-0.15, -0.1) is 0 Å². The Morgan fingerprint density at radius 3 is 2.79 bits per heavy atom. The Balaban J connectivity index is 2.87.